The van der Waals surface area contributed by atoms with E-state index in [-0.39, 0.29) is 12.7 Å². The summed E-state index contributed by atoms with van der Waals surface area (Å²) in [4.78, 5) is 20.7. The maximum Gasteiger partial charge on any atom is 0.405 e. The minimum atomic E-state index is -2.94. The van der Waals surface area contributed by atoms with Crippen LogP contribution in [0.5, 0.6) is 0 Å². The van der Waals surface area contributed by atoms with Gasteiger partial charge in [0.05, 0.1) is 0 Å². The van der Waals surface area contributed by atoms with Crippen LogP contribution in [-0.4, -0.2) is 28.9 Å². The first kappa shape index (κ1) is 9.88. The summed E-state index contributed by atoms with van der Waals surface area (Å²) in [6.07, 6.45) is -2.54. The van der Waals surface area contributed by atoms with Gasteiger partial charge in [-0.15, -0.1) is 0 Å². The van der Waals surface area contributed by atoms with Crippen LogP contribution >= 0.6 is 0 Å². The minimum Gasteiger partial charge on any atom is -0.465 e. The van der Waals surface area contributed by atoms with Crippen LogP contribution in [0.25, 0.3) is 0 Å². The van der Waals surface area contributed by atoms with E-state index in [0.29, 0.717) is 0 Å². The number of hydrogen-bond acceptors (Lipinski definition) is 2. The van der Waals surface area contributed by atoms with E-state index in [1.165, 1.54) is 0 Å². The van der Waals surface area contributed by atoms with Crippen LogP contribution in [0.1, 0.15) is 19.3 Å². The third-order valence-corrected chi connectivity index (χ3v) is 2.09. The zero-order valence-electron chi connectivity index (χ0n) is 6.72. The van der Waals surface area contributed by atoms with Gasteiger partial charge >= 0.3 is 6.09 Å². The van der Waals surface area contributed by atoms with Crippen molar-refractivity contribution in [1.29, 1.82) is 0 Å². The maximum atomic E-state index is 12.7. The third kappa shape index (κ3) is 2.13. The van der Waals surface area contributed by atoms with Crippen molar-refractivity contribution in [3.05, 3.63) is 0 Å². The Hall–Kier alpha value is -1.20. The average Bonchev–Trinajstić information content (AvgIpc) is 2.26. The Balaban J connectivity index is 2.74. The number of alkyl halides is 2. The number of carboxylic acid groups (broad SMARTS) is 1. The molecule has 2 N–H and O–H groups in total. The van der Waals surface area contributed by atoms with Gasteiger partial charge in [0.15, 0.2) is 0 Å². The molecular weight excluding hydrogens is 184 g/mol. The van der Waals surface area contributed by atoms with Gasteiger partial charge in [-0.1, -0.05) is 0 Å². The van der Waals surface area contributed by atoms with Gasteiger partial charge in [-0.05, 0) is 6.42 Å². The van der Waals surface area contributed by atoms with Gasteiger partial charge in [-0.2, -0.15) is 0 Å². The lowest BCUT2D eigenvalue weighted by Gasteiger charge is -2.21. The first-order valence-electron chi connectivity index (χ1n) is 3.74. The van der Waals surface area contributed by atoms with Crippen molar-refractivity contribution >= 4 is 12.4 Å². The Labute approximate surface area is 72.9 Å². The van der Waals surface area contributed by atoms with E-state index >= 15 is 0 Å². The lowest BCUT2D eigenvalue weighted by atomic mass is 10.0. The predicted octanol–water partition coefficient (Wildman–Crippen LogP) is 1.01. The van der Waals surface area contributed by atoms with Crippen molar-refractivity contribution in [2.75, 3.05) is 0 Å². The van der Waals surface area contributed by atoms with Crippen LogP contribution in [0, 0.1) is 0 Å². The van der Waals surface area contributed by atoms with Crippen LogP contribution in [-0.2, 0) is 4.79 Å². The molecule has 1 aliphatic carbocycles. The Morgan fingerprint density at radius 1 is 1.46 bits per heavy atom. The van der Waals surface area contributed by atoms with Crippen molar-refractivity contribution in [2.45, 2.75) is 30.7 Å². The molecule has 0 aromatic rings. The first-order valence-corrected chi connectivity index (χ1v) is 3.74. The molecular formula is C7H9F2NO3. The largest absolute Gasteiger partial charge is 0.465 e. The molecule has 0 saturated heterocycles. The van der Waals surface area contributed by atoms with Crippen LogP contribution in [0.4, 0.5) is 13.6 Å². The predicted molar refractivity (Wildman–Crippen MR) is 38.8 cm³/mol. The fraction of sp³-hybridized carbons (Fsp3) is 0.714. The first-order chi connectivity index (χ1) is 5.89. The van der Waals surface area contributed by atoms with Gasteiger partial charge < -0.3 is 15.2 Å². The highest BCUT2D eigenvalue weighted by atomic mass is 19.3. The van der Waals surface area contributed by atoms with Gasteiger partial charge in [0.1, 0.15) is 11.8 Å². The van der Waals surface area contributed by atoms with Crippen LogP contribution in [0.3, 0.4) is 0 Å². The lowest BCUT2D eigenvalue weighted by Crippen LogP contribution is -2.48. The molecule has 1 saturated carbocycles. The number of carbonyl (C=O) groups excluding carboxylic acids is 1. The normalized spacial score (nSPS) is 31.2. The van der Waals surface area contributed by atoms with Gasteiger partial charge in [0.2, 0.25) is 0 Å². The number of amides is 1. The standard InChI is InChI=1S/C7H9F2NO3/c8-7(9)2-1-6(3-7,4-11)10-5(12)13/h4,10H,1-3H2,(H,12,13). The van der Waals surface area contributed by atoms with Crippen LogP contribution in [0.2, 0.25) is 0 Å². The summed E-state index contributed by atoms with van der Waals surface area (Å²) in [6.45, 7) is 0. The molecule has 4 nitrogen and oxygen atoms in total. The number of rotatable bonds is 2. The minimum absolute atomic E-state index is 0.143. The molecule has 74 valence electrons. The molecule has 1 aliphatic rings. The molecule has 1 unspecified atom stereocenters. The summed E-state index contributed by atoms with van der Waals surface area (Å²) in [5.74, 6) is -2.94. The Morgan fingerprint density at radius 3 is 2.38 bits per heavy atom. The molecule has 0 aromatic carbocycles. The molecule has 0 radical (unpaired) electrons. The number of hydrogen-bond donors (Lipinski definition) is 2. The number of halogens is 2. The molecule has 0 heterocycles. The van der Waals surface area contributed by atoms with Crippen molar-refractivity contribution < 1.29 is 23.5 Å². The van der Waals surface area contributed by atoms with Crippen LogP contribution in [0.15, 0.2) is 0 Å². The van der Waals surface area contributed by atoms with E-state index in [1.54, 1.807) is 0 Å². The highest BCUT2D eigenvalue weighted by molar-refractivity contribution is 5.75. The van der Waals surface area contributed by atoms with Crippen LogP contribution < -0.4 is 5.32 Å². The third-order valence-electron chi connectivity index (χ3n) is 2.09. The number of carbonyl (C=O) groups is 2. The highest BCUT2D eigenvalue weighted by Gasteiger charge is 2.50. The summed E-state index contributed by atoms with van der Waals surface area (Å²) >= 11 is 0. The summed E-state index contributed by atoms with van der Waals surface area (Å²) in [7, 11) is 0. The van der Waals surface area contributed by atoms with Crippen molar-refractivity contribution in [3.8, 4) is 0 Å². The second-order valence-electron chi connectivity index (χ2n) is 3.24. The molecule has 1 rings (SSSR count). The zero-order valence-corrected chi connectivity index (χ0v) is 6.72. The molecule has 13 heavy (non-hydrogen) atoms. The molecule has 1 amide bonds. The van der Waals surface area contributed by atoms with Crippen molar-refractivity contribution in [3.63, 3.8) is 0 Å². The Bertz CT molecular complexity index is 244. The van der Waals surface area contributed by atoms with Crippen molar-refractivity contribution in [2.24, 2.45) is 0 Å². The van der Waals surface area contributed by atoms with E-state index in [0.717, 1.165) is 0 Å². The molecule has 0 aliphatic heterocycles. The highest BCUT2D eigenvalue weighted by Crippen LogP contribution is 2.40. The second kappa shape index (κ2) is 2.93. The van der Waals surface area contributed by atoms with E-state index < -0.39 is 30.4 Å². The van der Waals surface area contributed by atoms with E-state index in [1.807, 2.05) is 5.32 Å². The van der Waals surface area contributed by atoms with Gasteiger partial charge in [-0.25, -0.2) is 13.6 Å². The summed E-state index contributed by atoms with van der Waals surface area (Å²) in [5, 5.41) is 10.2. The van der Waals surface area contributed by atoms with Crippen molar-refractivity contribution in [1.82, 2.24) is 5.32 Å². The molecule has 1 atom stereocenters. The molecule has 1 fully saturated rings. The zero-order chi connectivity index (χ0) is 10.1. The summed E-state index contributed by atoms with van der Waals surface area (Å²) in [6, 6.07) is 0. The fourth-order valence-electron chi connectivity index (χ4n) is 1.49. The molecule has 6 heteroatoms. The molecule has 0 spiro atoms. The van der Waals surface area contributed by atoms with Gasteiger partial charge in [0.25, 0.3) is 5.92 Å². The number of aldehydes is 1. The molecule has 0 bridgehead atoms. The molecule has 0 aromatic heterocycles. The average molecular weight is 193 g/mol. The van der Waals surface area contributed by atoms with E-state index in [4.69, 9.17) is 5.11 Å². The Morgan fingerprint density at radius 2 is 2.08 bits per heavy atom. The van der Waals surface area contributed by atoms with Gasteiger partial charge in [-0.3, -0.25) is 0 Å². The monoisotopic (exact) mass is 193 g/mol. The fourth-order valence-corrected chi connectivity index (χ4v) is 1.49. The lowest BCUT2D eigenvalue weighted by molar-refractivity contribution is -0.114. The van der Waals surface area contributed by atoms with E-state index in [9.17, 15) is 18.4 Å². The SMILES string of the molecule is O=CC1(NC(=O)O)CCC(F)(F)C1. The summed E-state index contributed by atoms with van der Waals surface area (Å²) in [5.41, 5.74) is -1.59. The summed E-state index contributed by atoms with van der Waals surface area (Å²) < 4.78 is 25.4. The second-order valence-corrected chi connectivity index (χ2v) is 3.24. The van der Waals surface area contributed by atoms with E-state index in [2.05, 4.69) is 0 Å². The van der Waals surface area contributed by atoms with Gasteiger partial charge in [0, 0.05) is 12.8 Å². The maximum absolute atomic E-state index is 12.7. The topological polar surface area (TPSA) is 66.4 Å². The smallest absolute Gasteiger partial charge is 0.405 e. The quantitative estimate of drug-likeness (QED) is 0.643. The Kier molecular flexibility index (Phi) is 2.23. The number of nitrogens with one attached hydrogen (secondary N) is 1.